The quantitative estimate of drug-likeness (QED) is 0.837. The Morgan fingerprint density at radius 1 is 1.56 bits per heavy atom. The molecule has 0 amide bonds. The van der Waals surface area contributed by atoms with Gasteiger partial charge in [-0.15, -0.1) is 0 Å². The standard InChI is InChI=1S/C8H7F2N3O2S/c1-4-7(16(12,14)15)2-5(8(9)10)6(3-11)13-4/h2,8H,1H3,(H2,12,14,15). The maximum Gasteiger partial charge on any atom is 0.266 e. The number of pyridine rings is 1. The largest absolute Gasteiger partial charge is 0.266 e. The van der Waals surface area contributed by atoms with Gasteiger partial charge in [0.15, 0.2) is 0 Å². The van der Waals surface area contributed by atoms with Crippen molar-refractivity contribution in [2.45, 2.75) is 18.2 Å². The van der Waals surface area contributed by atoms with E-state index in [9.17, 15) is 17.2 Å². The van der Waals surface area contributed by atoms with Gasteiger partial charge in [0.1, 0.15) is 16.7 Å². The second kappa shape index (κ2) is 4.11. The number of halogens is 2. The van der Waals surface area contributed by atoms with Crippen molar-refractivity contribution in [1.29, 1.82) is 5.26 Å². The zero-order valence-electron chi connectivity index (χ0n) is 8.11. The third kappa shape index (κ3) is 2.32. The molecule has 8 heteroatoms. The Bertz CT molecular complexity index is 563. The number of alkyl halides is 2. The number of sulfonamides is 1. The molecule has 0 aliphatic rings. The molecule has 0 aromatic carbocycles. The zero-order chi connectivity index (χ0) is 12.5. The van der Waals surface area contributed by atoms with E-state index in [-0.39, 0.29) is 5.69 Å². The van der Waals surface area contributed by atoms with E-state index in [4.69, 9.17) is 10.4 Å². The molecule has 0 aliphatic heterocycles. The fourth-order valence-corrected chi connectivity index (χ4v) is 1.89. The van der Waals surface area contributed by atoms with E-state index in [1.165, 1.54) is 13.0 Å². The van der Waals surface area contributed by atoms with Crippen LogP contribution in [0, 0.1) is 18.3 Å². The molecule has 1 aromatic heterocycles. The monoisotopic (exact) mass is 247 g/mol. The third-order valence-electron chi connectivity index (χ3n) is 1.84. The second-order valence-corrected chi connectivity index (χ2v) is 4.50. The number of nitrogens with zero attached hydrogens (tertiary/aromatic N) is 2. The number of rotatable bonds is 2. The lowest BCUT2D eigenvalue weighted by molar-refractivity contribution is 0.150. The first-order valence-electron chi connectivity index (χ1n) is 4.00. The van der Waals surface area contributed by atoms with Crippen molar-refractivity contribution in [3.8, 4) is 6.07 Å². The van der Waals surface area contributed by atoms with E-state index in [2.05, 4.69) is 4.98 Å². The minimum atomic E-state index is -4.12. The number of aryl methyl sites for hydroxylation is 1. The Labute approximate surface area is 90.6 Å². The molecule has 0 spiro atoms. The van der Waals surface area contributed by atoms with Gasteiger partial charge >= 0.3 is 0 Å². The number of aromatic nitrogens is 1. The predicted molar refractivity (Wildman–Crippen MR) is 50.0 cm³/mol. The fourth-order valence-electron chi connectivity index (χ4n) is 1.15. The van der Waals surface area contributed by atoms with Gasteiger partial charge in [-0.2, -0.15) is 5.26 Å². The Morgan fingerprint density at radius 2 is 2.12 bits per heavy atom. The predicted octanol–water partition coefficient (Wildman–Crippen LogP) is 0.847. The van der Waals surface area contributed by atoms with Crippen LogP contribution < -0.4 is 5.14 Å². The molecule has 0 saturated carbocycles. The van der Waals surface area contributed by atoms with Crippen molar-refractivity contribution in [3.05, 3.63) is 23.0 Å². The molecule has 0 bridgehead atoms. The highest BCUT2D eigenvalue weighted by Crippen LogP contribution is 2.25. The van der Waals surface area contributed by atoms with Gasteiger partial charge in [0, 0.05) is 0 Å². The topological polar surface area (TPSA) is 96.8 Å². The van der Waals surface area contributed by atoms with Gasteiger partial charge in [-0.05, 0) is 13.0 Å². The molecule has 0 fully saturated rings. The van der Waals surface area contributed by atoms with E-state index >= 15 is 0 Å². The molecule has 0 unspecified atom stereocenters. The van der Waals surface area contributed by atoms with Gasteiger partial charge in [0.25, 0.3) is 6.43 Å². The van der Waals surface area contributed by atoms with E-state index in [1.54, 1.807) is 0 Å². The number of primary sulfonamides is 1. The normalized spacial score (nSPS) is 11.5. The van der Waals surface area contributed by atoms with Crippen LogP contribution in [0.25, 0.3) is 0 Å². The summed E-state index contributed by atoms with van der Waals surface area (Å²) in [4.78, 5) is 2.98. The lowest BCUT2D eigenvalue weighted by Crippen LogP contribution is -2.15. The summed E-state index contributed by atoms with van der Waals surface area (Å²) in [6.07, 6.45) is -2.98. The minimum Gasteiger partial charge on any atom is -0.241 e. The molecule has 0 radical (unpaired) electrons. The molecule has 1 heterocycles. The van der Waals surface area contributed by atoms with E-state index < -0.39 is 32.6 Å². The van der Waals surface area contributed by atoms with Crippen molar-refractivity contribution in [2.75, 3.05) is 0 Å². The van der Waals surface area contributed by atoms with Crippen LogP contribution in [0.5, 0.6) is 0 Å². The van der Waals surface area contributed by atoms with Crippen LogP contribution in [0.15, 0.2) is 11.0 Å². The molecular weight excluding hydrogens is 240 g/mol. The zero-order valence-corrected chi connectivity index (χ0v) is 8.92. The summed E-state index contributed by atoms with van der Waals surface area (Å²) < 4.78 is 47.1. The molecule has 0 atom stereocenters. The van der Waals surface area contributed by atoms with Crippen LogP contribution in [0.1, 0.15) is 23.4 Å². The summed E-state index contributed by atoms with van der Waals surface area (Å²) in [5.41, 5.74) is -1.32. The fraction of sp³-hybridized carbons (Fsp3) is 0.250. The summed E-state index contributed by atoms with van der Waals surface area (Å²) in [5, 5.41) is 13.4. The van der Waals surface area contributed by atoms with E-state index in [0.29, 0.717) is 6.07 Å². The van der Waals surface area contributed by atoms with Gasteiger partial charge in [0.05, 0.1) is 11.3 Å². The minimum absolute atomic E-state index is 0.0801. The van der Waals surface area contributed by atoms with Crippen LogP contribution in [0.2, 0.25) is 0 Å². The summed E-state index contributed by atoms with van der Waals surface area (Å²) >= 11 is 0. The Morgan fingerprint density at radius 3 is 2.50 bits per heavy atom. The van der Waals surface area contributed by atoms with Gasteiger partial charge in [-0.1, -0.05) is 0 Å². The smallest absolute Gasteiger partial charge is 0.241 e. The lowest BCUT2D eigenvalue weighted by atomic mass is 10.2. The van der Waals surface area contributed by atoms with Gasteiger partial charge in [-0.25, -0.2) is 27.3 Å². The van der Waals surface area contributed by atoms with Gasteiger partial charge < -0.3 is 0 Å². The van der Waals surface area contributed by atoms with Crippen molar-refractivity contribution in [3.63, 3.8) is 0 Å². The SMILES string of the molecule is Cc1nc(C#N)c(C(F)F)cc1S(N)(=O)=O. The second-order valence-electron chi connectivity index (χ2n) is 2.97. The molecule has 0 aliphatic carbocycles. The molecule has 1 aromatic rings. The first kappa shape index (κ1) is 12.5. The Balaban J connectivity index is 3.60. The molecule has 0 saturated heterocycles. The average molecular weight is 247 g/mol. The number of hydrogen-bond donors (Lipinski definition) is 1. The van der Waals surface area contributed by atoms with E-state index in [0.717, 1.165) is 0 Å². The first-order chi connectivity index (χ1) is 7.27. The maximum absolute atomic E-state index is 12.5. The molecule has 1 rings (SSSR count). The molecule has 86 valence electrons. The van der Waals surface area contributed by atoms with Crippen LogP contribution in [0.3, 0.4) is 0 Å². The van der Waals surface area contributed by atoms with Crippen LogP contribution in [0.4, 0.5) is 8.78 Å². The highest BCUT2D eigenvalue weighted by Gasteiger charge is 2.21. The maximum atomic E-state index is 12.5. The van der Waals surface area contributed by atoms with Gasteiger partial charge in [-0.3, -0.25) is 0 Å². The number of nitriles is 1. The van der Waals surface area contributed by atoms with Gasteiger partial charge in [0.2, 0.25) is 10.0 Å². The first-order valence-corrected chi connectivity index (χ1v) is 5.54. The summed E-state index contributed by atoms with van der Waals surface area (Å²) in [7, 11) is -4.12. The van der Waals surface area contributed by atoms with E-state index in [1.807, 2.05) is 0 Å². The third-order valence-corrected chi connectivity index (χ3v) is 2.87. The summed E-state index contributed by atoms with van der Waals surface area (Å²) in [6, 6.07) is 2.15. The van der Waals surface area contributed by atoms with Crippen molar-refractivity contribution < 1.29 is 17.2 Å². The highest BCUT2D eigenvalue weighted by molar-refractivity contribution is 7.89. The summed E-state index contributed by atoms with van der Waals surface area (Å²) in [6.45, 7) is 1.27. The molecular formula is C8H7F2N3O2S. The Kier molecular flexibility index (Phi) is 3.21. The highest BCUT2D eigenvalue weighted by atomic mass is 32.2. The lowest BCUT2D eigenvalue weighted by Gasteiger charge is -2.07. The van der Waals surface area contributed by atoms with Crippen molar-refractivity contribution in [1.82, 2.24) is 4.98 Å². The van der Waals surface area contributed by atoms with Crippen molar-refractivity contribution in [2.24, 2.45) is 5.14 Å². The molecule has 16 heavy (non-hydrogen) atoms. The average Bonchev–Trinajstić information content (AvgIpc) is 2.14. The van der Waals surface area contributed by atoms with Crippen LogP contribution in [-0.2, 0) is 10.0 Å². The van der Waals surface area contributed by atoms with Crippen molar-refractivity contribution >= 4 is 10.0 Å². The number of nitrogens with two attached hydrogens (primary N) is 1. The molecule has 2 N–H and O–H groups in total. The molecule has 5 nitrogen and oxygen atoms in total. The summed E-state index contributed by atoms with van der Waals surface area (Å²) in [5.74, 6) is 0. The van der Waals surface area contributed by atoms with Crippen LogP contribution in [-0.4, -0.2) is 13.4 Å². The Hall–Kier alpha value is -1.59. The van der Waals surface area contributed by atoms with Crippen LogP contribution >= 0.6 is 0 Å². The number of hydrogen-bond acceptors (Lipinski definition) is 4.